The van der Waals surface area contributed by atoms with Crippen molar-refractivity contribution in [1.82, 2.24) is 0 Å². The fourth-order valence-corrected chi connectivity index (χ4v) is 3.31. The summed E-state index contributed by atoms with van der Waals surface area (Å²) in [7, 11) is 0. The van der Waals surface area contributed by atoms with Crippen LogP contribution in [0.15, 0.2) is 42.5 Å². The van der Waals surface area contributed by atoms with Gasteiger partial charge in [-0.15, -0.1) is 0 Å². The first kappa shape index (κ1) is 12.4. The van der Waals surface area contributed by atoms with Crippen molar-refractivity contribution >= 4 is 0 Å². The van der Waals surface area contributed by atoms with Gasteiger partial charge in [-0.25, -0.2) is 0 Å². The maximum Gasteiger partial charge on any atom is 0.0801 e. The van der Waals surface area contributed by atoms with E-state index in [0.29, 0.717) is 5.92 Å². The molecular weight excluding hydrogens is 232 g/mol. The van der Waals surface area contributed by atoms with E-state index in [4.69, 9.17) is 0 Å². The molecule has 0 saturated heterocycles. The molecule has 0 fully saturated rings. The van der Waals surface area contributed by atoms with E-state index < -0.39 is 0 Å². The van der Waals surface area contributed by atoms with Gasteiger partial charge in [-0.1, -0.05) is 42.5 Å². The van der Waals surface area contributed by atoms with Crippen LogP contribution in [0, 0.1) is 13.8 Å². The maximum absolute atomic E-state index is 10.5. The summed E-state index contributed by atoms with van der Waals surface area (Å²) < 4.78 is 0. The summed E-state index contributed by atoms with van der Waals surface area (Å²) in [5.41, 5.74) is 6.38. The van der Waals surface area contributed by atoms with E-state index in [1.165, 1.54) is 22.3 Å². The molecule has 1 heteroatoms. The second kappa shape index (κ2) is 4.82. The van der Waals surface area contributed by atoms with Crippen molar-refractivity contribution in [2.75, 3.05) is 0 Å². The minimum atomic E-state index is -0.348. The lowest BCUT2D eigenvalue weighted by Crippen LogP contribution is -2.20. The van der Waals surface area contributed by atoms with Crippen molar-refractivity contribution < 1.29 is 5.11 Å². The largest absolute Gasteiger partial charge is 0.388 e. The van der Waals surface area contributed by atoms with Gasteiger partial charge in [0.2, 0.25) is 0 Å². The molecular formula is C18H20O. The van der Waals surface area contributed by atoms with Crippen LogP contribution in [0.25, 0.3) is 0 Å². The summed E-state index contributed by atoms with van der Waals surface area (Å²) in [4.78, 5) is 0. The van der Waals surface area contributed by atoms with Crippen LogP contribution in [0.2, 0.25) is 0 Å². The Morgan fingerprint density at radius 1 is 1.05 bits per heavy atom. The summed E-state index contributed by atoms with van der Waals surface area (Å²) in [5, 5.41) is 10.5. The highest BCUT2D eigenvalue weighted by Crippen LogP contribution is 2.41. The minimum Gasteiger partial charge on any atom is -0.388 e. The predicted octanol–water partition coefficient (Wildman–Crippen LogP) is 4.07. The van der Waals surface area contributed by atoms with Crippen LogP contribution in [0.4, 0.5) is 0 Å². The quantitative estimate of drug-likeness (QED) is 0.873. The molecule has 0 amide bonds. The highest BCUT2D eigenvalue weighted by Gasteiger charge is 2.28. The normalized spacial score (nSPS) is 18.6. The second-order valence-electron chi connectivity index (χ2n) is 5.66. The molecule has 19 heavy (non-hydrogen) atoms. The van der Waals surface area contributed by atoms with Crippen LogP contribution in [-0.4, -0.2) is 5.11 Å². The lowest BCUT2D eigenvalue weighted by atomic mass is 9.74. The van der Waals surface area contributed by atoms with Gasteiger partial charge in [0.15, 0.2) is 0 Å². The Hall–Kier alpha value is -1.60. The van der Waals surface area contributed by atoms with Gasteiger partial charge in [0, 0.05) is 0 Å². The van der Waals surface area contributed by atoms with Crippen molar-refractivity contribution in [2.45, 2.75) is 38.7 Å². The molecule has 2 aromatic rings. The lowest BCUT2D eigenvalue weighted by Gasteiger charge is -2.32. The molecule has 0 saturated carbocycles. The molecule has 1 aliphatic rings. The van der Waals surface area contributed by atoms with E-state index >= 15 is 0 Å². The van der Waals surface area contributed by atoms with Crippen LogP contribution < -0.4 is 0 Å². The fraction of sp³-hybridized carbons (Fsp3) is 0.333. The molecule has 1 nitrogen and oxygen atoms in total. The van der Waals surface area contributed by atoms with E-state index in [1.807, 2.05) is 0 Å². The average molecular weight is 252 g/mol. The minimum absolute atomic E-state index is 0.348. The van der Waals surface area contributed by atoms with E-state index in [1.54, 1.807) is 0 Å². The molecule has 2 aromatic carbocycles. The van der Waals surface area contributed by atoms with Crippen LogP contribution >= 0.6 is 0 Å². The molecule has 0 aromatic heterocycles. The zero-order valence-corrected chi connectivity index (χ0v) is 11.6. The second-order valence-corrected chi connectivity index (χ2v) is 5.66. The summed E-state index contributed by atoms with van der Waals surface area (Å²) in [6.45, 7) is 4.17. The van der Waals surface area contributed by atoms with Gasteiger partial charge in [-0.05, 0) is 60.4 Å². The molecule has 1 N–H and O–H groups in total. The number of aryl methyl sites for hydroxylation is 2. The first-order valence-electron chi connectivity index (χ1n) is 6.99. The lowest BCUT2D eigenvalue weighted by molar-refractivity contribution is 0.152. The number of benzene rings is 2. The number of fused-ring (bicyclic) bond motifs is 1. The number of hydrogen-bond acceptors (Lipinski definition) is 1. The summed E-state index contributed by atoms with van der Waals surface area (Å²) in [6.07, 6.45) is 1.60. The molecule has 0 aliphatic heterocycles. The zero-order chi connectivity index (χ0) is 13.4. The van der Waals surface area contributed by atoms with Gasteiger partial charge in [-0.3, -0.25) is 0 Å². The van der Waals surface area contributed by atoms with Crippen molar-refractivity contribution in [1.29, 1.82) is 0 Å². The van der Waals surface area contributed by atoms with Crippen molar-refractivity contribution in [3.05, 3.63) is 70.3 Å². The van der Waals surface area contributed by atoms with Crippen LogP contribution in [-0.2, 0) is 6.42 Å². The van der Waals surface area contributed by atoms with Gasteiger partial charge < -0.3 is 5.11 Å². The van der Waals surface area contributed by atoms with E-state index in [9.17, 15) is 5.11 Å². The fourth-order valence-electron chi connectivity index (χ4n) is 3.31. The Kier molecular flexibility index (Phi) is 3.16. The SMILES string of the molecule is Cc1cccc(C)c1C(O)CC1Cc2ccccc21. The molecule has 0 radical (unpaired) electrons. The molecule has 1 aliphatic carbocycles. The van der Waals surface area contributed by atoms with Gasteiger partial charge >= 0.3 is 0 Å². The molecule has 3 rings (SSSR count). The van der Waals surface area contributed by atoms with Gasteiger partial charge in [-0.2, -0.15) is 0 Å². The Balaban J connectivity index is 1.79. The van der Waals surface area contributed by atoms with Gasteiger partial charge in [0.05, 0.1) is 6.10 Å². The number of aliphatic hydroxyl groups excluding tert-OH is 1. The Labute approximate surface area is 114 Å². The average Bonchev–Trinajstić information content (AvgIpc) is 2.36. The van der Waals surface area contributed by atoms with Gasteiger partial charge in [0.1, 0.15) is 0 Å². The van der Waals surface area contributed by atoms with Crippen LogP contribution in [0.5, 0.6) is 0 Å². The third-order valence-corrected chi connectivity index (χ3v) is 4.34. The Morgan fingerprint density at radius 2 is 1.74 bits per heavy atom. The first-order chi connectivity index (χ1) is 9.16. The van der Waals surface area contributed by atoms with Crippen molar-refractivity contribution in [2.24, 2.45) is 0 Å². The molecule has 0 heterocycles. The van der Waals surface area contributed by atoms with Crippen molar-refractivity contribution in [3.63, 3.8) is 0 Å². The molecule has 2 unspecified atom stereocenters. The Bertz CT molecular complexity index is 580. The number of hydrogen-bond donors (Lipinski definition) is 1. The molecule has 0 spiro atoms. The zero-order valence-electron chi connectivity index (χ0n) is 11.6. The smallest absolute Gasteiger partial charge is 0.0801 e. The monoisotopic (exact) mass is 252 g/mol. The highest BCUT2D eigenvalue weighted by atomic mass is 16.3. The van der Waals surface area contributed by atoms with E-state index in [0.717, 1.165) is 18.4 Å². The van der Waals surface area contributed by atoms with E-state index in [-0.39, 0.29) is 6.10 Å². The van der Waals surface area contributed by atoms with E-state index in [2.05, 4.69) is 56.3 Å². The third kappa shape index (κ3) is 2.19. The summed E-state index contributed by atoms with van der Waals surface area (Å²) in [5.74, 6) is 0.519. The third-order valence-electron chi connectivity index (χ3n) is 4.34. The van der Waals surface area contributed by atoms with Gasteiger partial charge in [0.25, 0.3) is 0 Å². The summed E-state index contributed by atoms with van der Waals surface area (Å²) >= 11 is 0. The standard InChI is InChI=1S/C18H20O/c1-12-6-5-7-13(2)18(12)17(19)11-15-10-14-8-3-4-9-16(14)15/h3-9,15,17,19H,10-11H2,1-2H3. The predicted molar refractivity (Wildman–Crippen MR) is 78.4 cm³/mol. The molecule has 98 valence electrons. The van der Waals surface area contributed by atoms with Crippen LogP contribution in [0.3, 0.4) is 0 Å². The maximum atomic E-state index is 10.5. The highest BCUT2D eigenvalue weighted by molar-refractivity contribution is 5.41. The number of aliphatic hydroxyl groups is 1. The topological polar surface area (TPSA) is 20.2 Å². The number of rotatable bonds is 3. The summed E-state index contributed by atoms with van der Waals surface area (Å²) in [6, 6.07) is 14.8. The Morgan fingerprint density at radius 3 is 2.42 bits per heavy atom. The molecule has 0 bridgehead atoms. The van der Waals surface area contributed by atoms with Crippen molar-refractivity contribution in [3.8, 4) is 0 Å². The van der Waals surface area contributed by atoms with Crippen LogP contribution in [0.1, 0.15) is 46.3 Å². The first-order valence-corrected chi connectivity index (χ1v) is 6.99. The molecule has 2 atom stereocenters.